The first kappa shape index (κ1) is 26.6. The van der Waals surface area contributed by atoms with Crippen LogP contribution in [0, 0.1) is 5.92 Å². The van der Waals surface area contributed by atoms with Crippen molar-refractivity contribution in [3.05, 3.63) is 59.7 Å². The molecule has 0 saturated heterocycles. The van der Waals surface area contributed by atoms with E-state index in [1.807, 2.05) is 37.4 Å². The summed E-state index contributed by atoms with van der Waals surface area (Å²) >= 11 is 1.58. The summed E-state index contributed by atoms with van der Waals surface area (Å²) in [6.07, 6.45) is 3.13. The van der Waals surface area contributed by atoms with Gasteiger partial charge in [-0.05, 0) is 47.3 Å². The van der Waals surface area contributed by atoms with Gasteiger partial charge in [-0.3, -0.25) is 9.59 Å². The monoisotopic (exact) mass is 498 g/mol. The van der Waals surface area contributed by atoms with Crippen LogP contribution in [-0.2, 0) is 14.3 Å². The number of ether oxygens (including phenoxy) is 1. The predicted octanol–water partition coefficient (Wildman–Crippen LogP) is 4.61. The second-order valence-electron chi connectivity index (χ2n) is 8.89. The van der Waals surface area contributed by atoms with Crippen LogP contribution in [0.3, 0.4) is 0 Å². The Labute approximate surface area is 211 Å². The van der Waals surface area contributed by atoms with Crippen molar-refractivity contribution in [1.29, 1.82) is 0 Å². The predicted molar refractivity (Wildman–Crippen MR) is 139 cm³/mol. The van der Waals surface area contributed by atoms with E-state index in [4.69, 9.17) is 9.84 Å². The van der Waals surface area contributed by atoms with Crippen LogP contribution >= 0.6 is 11.8 Å². The number of hydrogen-bond acceptors (Lipinski definition) is 5. The quantitative estimate of drug-likeness (QED) is 0.419. The van der Waals surface area contributed by atoms with Gasteiger partial charge in [0.05, 0.1) is 0 Å². The van der Waals surface area contributed by atoms with Crippen LogP contribution < -0.4 is 5.32 Å². The average Bonchev–Trinajstić information content (AvgIpc) is 3.17. The third-order valence-electron chi connectivity index (χ3n) is 6.35. The molecule has 0 bridgehead atoms. The highest BCUT2D eigenvalue weighted by Crippen LogP contribution is 2.44. The zero-order valence-corrected chi connectivity index (χ0v) is 21.2. The molecule has 3 rings (SSSR count). The number of carbonyl (C=O) groups is 3. The van der Waals surface area contributed by atoms with E-state index in [2.05, 4.69) is 29.6 Å². The fraction of sp³-hybridized carbons (Fsp3) is 0.444. The molecule has 0 aromatic heterocycles. The number of thioether (sulfide) groups is 1. The van der Waals surface area contributed by atoms with Gasteiger partial charge in [0, 0.05) is 31.2 Å². The topological polar surface area (TPSA) is 95.9 Å². The van der Waals surface area contributed by atoms with Crippen LogP contribution in [0.25, 0.3) is 11.1 Å². The number of carboxylic acid groups (broad SMARTS) is 1. The Balaban J connectivity index is 1.39. The zero-order chi connectivity index (χ0) is 25.2. The number of hydrogen-bond donors (Lipinski definition) is 2. The van der Waals surface area contributed by atoms with Crippen molar-refractivity contribution >= 4 is 29.7 Å². The Morgan fingerprint density at radius 3 is 2.29 bits per heavy atom. The van der Waals surface area contributed by atoms with Crippen molar-refractivity contribution in [2.45, 2.75) is 32.1 Å². The molecule has 1 aliphatic rings. The molecule has 188 valence electrons. The van der Waals surface area contributed by atoms with E-state index < -0.39 is 12.1 Å². The highest BCUT2D eigenvalue weighted by atomic mass is 32.2. The maximum atomic E-state index is 12.4. The van der Waals surface area contributed by atoms with Gasteiger partial charge < -0.3 is 20.1 Å². The number of benzene rings is 2. The molecule has 1 unspecified atom stereocenters. The molecule has 0 saturated carbocycles. The molecule has 0 radical (unpaired) electrons. The normalized spacial score (nSPS) is 13.0. The fourth-order valence-corrected chi connectivity index (χ4v) is 4.80. The Morgan fingerprint density at radius 1 is 1.06 bits per heavy atom. The van der Waals surface area contributed by atoms with Crippen molar-refractivity contribution in [3.8, 4) is 11.1 Å². The second-order valence-corrected chi connectivity index (χ2v) is 9.87. The molecule has 2 amide bonds. The molecule has 7 nitrogen and oxygen atoms in total. The lowest BCUT2D eigenvalue weighted by molar-refractivity contribution is -0.144. The number of rotatable bonds is 13. The number of alkyl carbamates (subject to hydrolysis) is 1. The molecule has 1 aliphatic carbocycles. The minimum Gasteiger partial charge on any atom is -0.480 e. The van der Waals surface area contributed by atoms with Crippen molar-refractivity contribution in [2.24, 2.45) is 5.92 Å². The first-order chi connectivity index (χ1) is 16.9. The number of carboxylic acids is 1. The van der Waals surface area contributed by atoms with Crippen molar-refractivity contribution in [2.75, 3.05) is 38.2 Å². The molecule has 2 N–H and O–H groups in total. The van der Waals surface area contributed by atoms with Crippen molar-refractivity contribution < 1.29 is 24.2 Å². The van der Waals surface area contributed by atoms with Gasteiger partial charge in [-0.1, -0.05) is 55.5 Å². The Bertz CT molecular complexity index is 983. The van der Waals surface area contributed by atoms with Crippen LogP contribution in [0.4, 0.5) is 4.79 Å². The van der Waals surface area contributed by atoms with Crippen LogP contribution in [0.1, 0.15) is 43.2 Å². The molecule has 35 heavy (non-hydrogen) atoms. The average molecular weight is 499 g/mol. The molecule has 8 heteroatoms. The summed E-state index contributed by atoms with van der Waals surface area (Å²) in [6, 6.07) is 16.4. The van der Waals surface area contributed by atoms with Gasteiger partial charge in [-0.25, -0.2) is 4.79 Å². The molecule has 1 atom stereocenters. The van der Waals surface area contributed by atoms with E-state index in [0.717, 1.165) is 0 Å². The van der Waals surface area contributed by atoms with Crippen molar-refractivity contribution in [3.63, 3.8) is 0 Å². The molecular weight excluding hydrogens is 464 g/mol. The van der Waals surface area contributed by atoms with Crippen LogP contribution in [0.5, 0.6) is 0 Å². The van der Waals surface area contributed by atoms with Gasteiger partial charge in [0.1, 0.15) is 13.2 Å². The van der Waals surface area contributed by atoms with E-state index >= 15 is 0 Å². The van der Waals surface area contributed by atoms with Crippen molar-refractivity contribution in [1.82, 2.24) is 10.2 Å². The lowest BCUT2D eigenvalue weighted by Gasteiger charge is -2.21. The Morgan fingerprint density at radius 2 is 1.69 bits per heavy atom. The van der Waals surface area contributed by atoms with Gasteiger partial charge in [0.25, 0.3) is 0 Å². The molecule has 2 aromatic carbocycles. The molecular formula is C27H34N2O5S. The van der Waals surface area contributed by atoms with E-state index in [9.17, 15) is 14.4 Å². The van der Waals surface area contributed by atoms with E-state index in [1.165, 1.54) is 27.2 Å². The summed E-state index contributed by atoms with van der Waals surface area (Å²) in [5.74, 6) is -0.200. The number of carbonyl (C=O) groups excluding carboxylic acids is 2. The van der Waals surface area contributed by atoms with Crippen LogP contribution in [0.15, 0.2) is 48.5 Å². The smallest absolute Gasteiger partial charge is 0.407 e. The zero-order valence-electron chi connectivity index (χ0n) is 20.4. The Kier molecular flexibility index (Phi) is 10.0. The largest absolute Gasteiger partial charge is 0.480 e. The summed E-state index contributed by atoms with van der Waals surface area (Å²) in [4.78, 5) is 37.2. The maximum absolute atomic E-state index is 12.4. The lowest BCUT2D eigenvalue weighted by Crippen LogP contribution is -2.37. The van der Waals surface area contributed by atoms with Crippen LogP contribution in [0.2, 0.25) is 0 Å². The second kappa shape index (κ2) is 13.2. The lowest BCUT2D eigenvalue weighted by atomic mass is 9.98. The number of fused-ring (bicyclic) bond motifs is 3. The number of nitrogens with zero attached hydrogens (tertiary/aromatic N) is 1. The first-order valence-corrected chi connectivity index (χ1v) is 13.4. The van der Waals surface area contributed by atoms with Gasteiger partial charge >= 0.3 is 12.1 Å². The standard InChI is InChI=1S/C27H34N2O5S/c1-19(11-12-25(30)29(15-16-35-2)17-26(31)32)13-14-28-27(33)34-18-24-22-9-5-3-7-20(22)21-8-4-6-10-23(21)24/h3-10,19,24H,11-18H2,1-2H3,(H,28,33)(H,31,32). The number of amides is 2. The third kappa shape index (κ3) is 7.49. The van der Waals surface area contributed by atoms with Gasteiger partial charge in [0.15, 0.2) is 0 Å². The van der Waals surface area contributed by atoms with Crippen LogP contribution in [-0.4, -0.2) is 66.2 Å². The molecule has 0 spiro atoms. The summed E-state index contributed by atoms with van der Waals surface area (Å²) in [7, 11) is 0. The minimum atomic E-state index is -1.00. The maximum Gasteiger partial charge on any atom is 0.407 e. The number of nitrogens with one attached hydrogen (secondary N) is 1. The third-order valence-corrected chi connectivity index (χ3v) is 6.94. The number of aliphatic carboxylic acids is 1. The Hall–Kier alpha value is -3.00. The summed E-state index contributed by atoms with van der Waals surface area (Å²) < 4.78 is 5.56. The molecule has 0 heterocycles. The summed E-state index contributed by atoms with van der Waals surface area (Å²) in [5.41, 5.74) is 4.73. The molecule has 0 aliphatic heterocycles. The molecule has 2 aromatic rings. The SMILES string of the molecule is CSCCN(CC(=O)O)C(=O)CCC(C)CCNC(=O)OCC1c2ccccc2-c2ccccc21. The van der Waals surface area contributed by atoms with E-state index in [1.54, 1.807) is 11.8 Å². The summed E-state index contributed by atoms with van der Waals surface area (Å²) in [5, 5.41) is 11.8. The van der Waals surface area contributed by atoms with E-state index in [-0.39, 0.29) is 30.9 Å². The first-order valence-electron chi connectivity index (χ1n) is 12.0. The van der Waals surface area contributed by atoms with E-state index in [0.29, 0.717) is 38.1 Å². The highest BCUT2D eigenvalue weighted by molar-refractivity contribution is 7.98. The molecule has 0 fully saturated rings. The van der Waals surface area contributed by atoms with Gasteiger partial charge in [-0.15, -0.1) is 0 Å². The highest BCUT2D eigenvalue weighted by Gasteiger charge is 2.29. The minimum absolute atomic E-state index is 0.0259. The summed E-state index contributed by atoms with van der Waals surface area (Å²) in [6.45, 7) is 2.92. The van der Waals surface area contributed by atoms with Gasteiger partial charge in [-0.2, -0.15) is 11.8 Å². The fourth-order valence-electron chi connectivity index (χ4n) is 4.40. The van der Waals surface area contributed by atoms with Gasteiger partial charge in [0.2, 0.25) is 5.91 Å².